The Kier molecular flexibility index (Phi) is 9.40. The predicted octanol–water partition coefficient (Wildman–Crippen LogP) is 5.43. The maximum atomic E-state index is 13.7. The molecule has 0 aliphatic carbocycles. The van der Waals surface area contributed by atoms with E-state index in [4.69, 9.17) is 14.2 Å². The minimum absolute atomic E-state index is 0.108. The van der Waals surface area contributed by atoms with Crippen LogP contribution >= 0.6 is 0 Å². The average Bonchev–Trinajstić information content (AvgIpc) is 3.46. The number of halogens is 3. The number of rotatable bonds is 8. The Bertz CT molecular complexity index is 1530. The number of alkyl halides is 3. The highest BCUT2D eigenvalue weighted by Gasteiger charge is 2.34. The zero-order chi connectivity index (χ0) is 32.3. The summed E-state index contributed by atoms with van der Waals surface area (Å²) in [5.41, 5.74) is 1.07. The third-order valence-corrected chi connectivity index (χ3v) is 7.78. The van der Waals surface area contributed by atoms with E-state index in [-0.39, 0.29) is 30.8 Å². The molecule has 2 aliphatic heterocycles. The zero-order valence-electron chi connectivity index (χ0n) is 25.1. The molecule has 0 aromatic heterocycles. The summed E-state index contributed by atoms with van der Waals surface area (Å²) in [5.74, 6) is 0.910. The van der Waals surface area contributed by atoms with Crippen LogP contribution in [0.15, 0.2) is 60.7 Å². The zero-order valence-corrected chi connectivity index (χ0v) is 25.1. The molecule has 240 valence electrons. The second kappa shape index (κ2) is 13.2. The fraction of sp³-hybridized carbons (Fsp3) is 0.375. The number of likely N-dealkylation sites (N-methyl/N-ethyl adjacent to an activating group) is 1. The number of fused-ring (bicyclic) bond motifs is 2. The summed E-state index contributed by atoms with van der Waals surface area (Å²) in [6, 6.07) is 13.8. The van der Waals surface area contributed by atoms with Gasteiger partial charge in [0.25, 0.3) is 5.91 Å². The predicted molar refractivity (Wildman–Crippen MR) is 161 cm³/mol. The van der Waals surface area contributed by atoms with Gasteiger partial charge in [-0.25, -0.2) is 4.79 Å². The van der Waals surface area contributed by atoms with Gasteiger partial charge >= 0.3 is 12.2 Å². The second-order valence-corrected chi connectivity index (χ2v) is 11.4. The van der Waals surface area contributed by atoms with Gasteiger partial charge < -0.3 is 34.9 Å². The third kappa shape index (κ3) is 7.60. The molecule has 2 heterocycles. The van der Waals surface area contributed by atoms with E-state index in [0.29, 0.717) is 53.8 Å². The molecule has 0 unspecified atom stereocenters. The number of nitrogens with one attached hydrogen (secondary N) is 2. The smallest absolute Gasteiger partial charge is 0.416 e. The van der Waals surface area contributed by atoms with Crippen molar-refractivity contribution in [3.05, 3.63) is 77.4 Å². The number of urea groups is 1. The van der Waals surface area contributed by atoms with Gasteiger partial charge in [-0.05, 0) is 62.0 Å². The number of anilines is 2. The van der Waals surface area contributed by atoms with Crippen molar-refractivity contribution in [2.45, 2.75) is 38.7 Å². The molecule has 3 amide bonds. The van der Waals surface area contributed by atoms with E-state index in [2.05, 4.69) is 10.6 Å². The van der Waals surface area contributed by atoms with Crippen LogP contribution in [0.25, 0.3) is 0 Å². The standard InChI is InChI=1S/C32H35F3N4O6/c1-19-14-39(20(2)17-40)30(41)25-12-23(36-31(42)37-24-9-11-27-28(13-24)44-18-43-27)8-10-26(25)45-29(19)16-38(3)15-21-4-6-22(7-5-21)32(33,34)35/h4-13,19-20,29,40H,14-18H2,1-3H3,(H2,36,37,42)/t19-,20-,29-/m1/s1. The van der Waals surface area contributed by atoms with Crippen molar-refractivity contribution >= 4 is 23.3 Å². The molecule has 0 saturated heterocycles. The monoisotopic (exact) mass is 628 g/mol. The van der Waals surface area contributed by atoms with E-state index in [0.717, 1.165) is 12.1 Å². The summed E-state index contributed by atoms with van der Waals surface area (Å²) in [6.07, 6.45) is -4.81. The number of carbonyl (C=O) groups excluding carboxylic acids is 2. The van der Waals surface area contributed by atoms with Gasteiger partial charge in [0.1, 0.15) is 11.9 Å². The number of amides is 3. The molecule has 10 nitrogen and oxygen atoms in total. The Labute approximate surface area is 258 Å². The minimum atomic E-state index is -4.40. The topological polar surface area (TPSA) is 113 Å². The number of hydrogen-bond acceptors (Lipinski definition) is 7. The molecule has 45 heavy (non-hydrogen) atoms. The number of carbonyl (C=O) groups is 2. The molecule has 2 aliphatic rings. The van der Waals surface area contributed by atoms with Gasteiger partial charge in [0.2, 0.25) is 6.79 Å². The van der Waals surface area contributed by atoms with Crippen LogP contribution in [0.2, 0.25) is 0 Å². The van der Waals surface area contributed by atoms with Gasteiger partial charge in [-0.1, -0.05) is 19.1 Å². The molecule has 0 spiro atoms. The van der Waals surface area contributed by atoms with Crippen LogP contribution in [0.1, 0.15) is 35.3 Å². The number of benzene rings is 3. The molecule has 0 bridgehead atoms. The van der Waals surface area contributed by atoms with E-state index in [1.807, 2.05) is 18.9 Å². The van der Waals surface area contributed by atoms with E-state index in [1.165, 1.54) is 18.2 Å². The van der Waals surface area contributed by atoms with Crippen molar-refractivity contribution in [1.29, 1.82) is 0 Å². The van der Waals surface area contributed by atoms with Crippen molar-refractivity contribution in [1.82, 2.24) is 9.80 Å². The van der Waals surface area contributed by atoms with Gasteiger partial charge in [-0.2, -0.15) is 13.2 Å². The Morgan fingerprint density at radius 3 is 2.33 bits per heavy atom. The summed E-state index contributed by atoms with van der Waals surface area (Å²) in [4.78, 5) is 30.1. The molecular formula is C32H35F3N4O6. The first kappa shape index (κ1) is 31.9. The SMILES string of the molecule is C[C@@H]1CN([C@H](C)CO)C(=O)c2cc(NC(=O)Nc3ccc4c(c3)OCO4)ccc2O[C@@H]1CN(C)Cc1ccc(C(F)(F)F)cc1. The number of nitrogens with zero attached hydrogens (tertiary/aromatic N) is 2. The molecule has 13 heteroatoms. The van der Waals surface area contributed by atoms with Gasteiger partial charge in [-0.15, -0.1) is 0 Å². The first-order valence-corrected chi connectivity index (χ1v) is 14.5. The van der Waals surface area contributed by atoms with E-state index < -0.39 is 29.9 Å². The normalized spacial score (nSPS) is 18.5. The fourth-order valence-corrected chi connectivity index (χ4v) is 5.27. The van der Waals surface area contributed by atoms with Crippen LogP contribution in [-0.4, -0.2) is 72.5 Å². The van der Waals surface area contributed by atoms with Gasteiger partial charge in [-0.3, -0.25) is 9.69 Å². The number of aliphatic hydroxyl groups excluding tert-OH is 1. The minimum Gasteiger partial charge on any atom is -0.488 e. The Hall–Kier alpha value is -4.49. The van der Waals surface area contributed by atoms with Gasteiger partial charge in [0.05, 0.1) is 23.8 Å². The number of ether oxygens (including phenoxy) is 3. The highest BCUT2D eigenvalue weighted by Crippen LogP contribution is 2.35. The number of hydrogen-bond donors (Lipinski definition) is 3. The highest BCUT2D eigenvalue weighted by atomic mass is 19.4. The molecule has 5 rings (SSSR count). The van der Waals surface area contributed by atoms with Crippen molar-refractivity contribution < 1.29 is 42.1 Å². The Morgan fingerprint density at radius 1 is 1.02 bits per heavy atom. The van der Waals surface area contributed by atoms with Crippen LogP contribution in [0.3, 0.4) is 0 Å². The summed E-state index contributed by atoms with van der Waals surface area (Å²) in [6.45, 7) is 4.65. The van der Waals surface area contributed by atoms with Crippen molar-refractivity contribution in [3.63, 3.8) is 0 Å². The lowest BCUT2D eigenvalue weighted by Crippen LogP contribution is -2.49. The lowest BCUT2D eigenvalue weighted by atomic mass is 9.99. The van der Waals surface area contributed by atoms with Crippen LogP contribution < -0.4 is 24.8 Å². The first-order valence-electron chi connectivity index (χ1n) is 14.5. The van der Waals surface area contributed by atoms with Gasteiger partial charge in [0.15, 0.2) is 11.5 Å². The maximum Gasteiger partial charge on any atom is 0.416 e. The van der Waals surface area contributed by atoms with Gasteiger partial charge in [0, 0.05) is 43.0 Å². The lowest BCUT2D eigenvalue weighted by molar-refractivity contribution is -0.137. The fourth-order valence-electron chi connectivity index (χ4n) is 5.27. The van der Waals surface area contributed by atoms with Crippen molar-refractivity contribution in [2.24, 2.45) is 5.92 Å². The quantitative estimate of drug-likeness (QED) is 0.305. The number of aliphatic hydroxyl groups is 1. The second-order valence-electron chi connectivity index (χ2n) is 11.4. The summed E-state index contributed by atoms with van der Waals surface area (Å²) >= 11 is 0. The third-order valence-electron chi connectivity index (χ3n) is 7.78. The Morgan fingerprint density at radius 2 is 1.67 bits per heavy atom. The van der Waals surface area contributed by atoms with Crippen molar-refractivity contribution in [2.75, 3.05) is 44.2 Å². The van der Waals surface area contributed by atoms with Crippen LogP contribution in [0, 0.1) is 5.92 Å². The lowest BCUT2D eigenvalue weighted by Gasteiger charge is -2.38. The summed E-state index contributed by atoms with van der Waals surface area (Å²) in [7, 11) is 1.85. The Balaban J connectivity index is 1.32. The van der Waals surface area contributed by atoms with Crippen LogP contribution in [0.5, 0.6) is 17.2 Å². The molecule has 0 saturated carbocycles. The van der Waals surface area contributed by atoms with Crippen molar-refractivity contribution in [3.8, 4) is 17.2 Å². The largest absolute Gasteiger partial charge is 0.488 e. The van der Waals surface area contributed by atoms with E-state index >= 15 is 0 Å². The van der Waals surface area contributed by atoms with Crippen LogP contribution in [-0.2, 0) is 12.7 Å². The van der Waals surface area contributed by atoms with Crippen LogP contribution in [0.4, 0.5) is 29.3 Å². The molecule has 3 atom stereocenters. The van der Waals surface area contributed by atoms with E-state index in [9.17, 15) is 27.9 Å². The molecule has 3 N–H and O–H groups in total. The maximum absolute atomic E-state index is 13.7. The first-order chi connectivity index (χ1) is 21.4. The molecule has 3 aromatic carbocycles. The molecular weight excluding hydrogens is 593 g/mol. The molecule has 3 aromatic rings. The summed E-state index contributed by atoms with van der Waals surface area (Å²) < 4.78 is 56.0. The van der Waals surface area contributed by atoms with E-state index in [1.54, 1.807) is 42.2 Å². The highest BCUT2D eigenvalue weighted by molar-refractivity contribution is 6.02. The summed E-state index contributed by atoms with van der Waals surface area (Å²) in [5, 5.41) is 15.4. The molecule has 0 radical (unpaired) electrons. The average molecular weight is 629 g/mol. The molecule has 0 fully saturated rings.